The van der Waals surface area contributed by atoms with Crippen LogP contribution in [0.3, 0.4) is 0 Å². The number of hydrogen-bond acceptors (Lipinski definition) is 4. The zero-order chi connectivity index (χ0) is 22.0. The van der Waals surface area contributed by atoms with Crippen molar-refractivity contribution in [3.63, 3.8) is 0 Å². The monoisotopic (exact) mass is 415 g/mol. The molecule has 7 nitrogen and oxygen atoms in total. The molecular weight excluding hydrogens is 396 g/mol. The molecule has 0 unspecified atom stereocenters. The maximum atomic E-state index is 13.7. The van der Waals surface area contributed by atoms with Crippen LogP contribution in [0.25, 0.3) is 5.69 Å². The van der Waals surface area contributed by atoms with Crippen LogP contribution in [0.15, 0.2) is 53.3 Å². The smallest absolute Gasteiger partial charge is 0.344 e. The van der Waals surface area contributed by atoms with Crippen LogP contribution in [0.4, 0.5) is 14.5 Å². The topological polar surface area (TPSA) is 82.3 Å². The number of hydrogen-bond donors (Lipinski definition) is 1. The third-order valence-corrected chi connectivity index (χ3v) is 4.62. The number of carbonyl (C=O) groups is 2. The summed E-state index contributed by atoms with van der Waals surface area (Å²) in [6.45, 7) is 2.88. The van der Waals surface area contributed by atoms with Crippen LogP contribution in [-0.2, 0) is 16.6 Å². The summed E-state index contributed by atoms with van der Waals surface area (Å²) in [7, 11) is 1.66. The zero-order valence-corrected chi connectivity index (χ0v) is 16.5. The third kappa shape index (κ3) is 3.86. The lowest BCUT2D eigenvalue weighted by Crippen LogP contribution is -2.32. The van der Waals surface area contributed by atoms with Gasteiger partial charge in [-0.15, -0.1) is 0 Å². The molecule has 0 fully saturated rings. The van der Waals surface area contributed by atoms with E-state index in [1.54, 1.807) is 49.0 Å². The van der Waals surface area contributed by atoms with Crippen LogP contribution in [0, 0.1) is 18.6 Å². The molecule has 1 heterocycles. The predicted molar refractivity (Wildman–Crippen MR) is 106 cm³/mol. The number of amides is 1. The van der Waals surface area contributed by atoms with Crippen molar-refractivity contribution in [3.05, 3.63) is 81.8 Å². The lowest BCUT2D eigenvalue weighted by molar-refractivity contribution is -0.123. The van der Waals surface area contributed by atoms with Crippen LogP contribution < -0.4 is 10.9 Å². The largest absolute Gasteiger partial charge is 0.449 e. The Labute approximate surface area is 170 Å². The van der Waals surface area contributed by atoms with E-state index in [0.717, 1.165) is 18.2 Å². The Hall–Kier alpha value is -3.75. The van der Waals surface area contributed by atoms with E-state index >= 15 is 0 Å². The van der Waals surface area contributed by atoms with Crippen molar-refractivity contribution in [1.29, 1.82) is 0 Å². The molecule has 3 rings (SSSR count). The first-order valence-corrected chi connectivity index (χ1v) is 9.02. The highest BCUT2D eigenvalue weighted by molar-refractivity contribution is 5.97. The zero-order valence-electron chi connectivity index (χ0n) is 16.5. The first-order chi connectivity index (χ1) is 14.2. The number of ether oxygens (including phenoxy) is 1. The Morgan fingerprint density at radius 3 is 2.23 bits per heavy atom. The molecule has 1 aromatic heterocycles. The Balaban J connectivity index is 1.81. The molecule has 9 heteroatoms. The van der Waals surface area contributed by atoms with Crippen molar-refractivity contribution in [1.82, 2.24) is 9.36 Å². The summed E-state index contributed by atoms with van der Waals surface area (Å²) in [6.07, 6.45) is -1.40. The van der Waals surface area contributed by atoms with Gasteiger partial charge in [-0.3, -0.25) is 14.3 Å². The molecule has 0 bridgehead atoms. The van der Waals surface area contributed by atoms with E-state index in [1.165, 1.54) is 11.6 Å². The van der Waals surface area contributed by atoms with Gasteiger partial charge in [0.2, 0.25) is 0 Å². The number of nitrogens with zero attached hydrogens (tertiary/aromatic N) is 2. The normalized spacial score (nSPS) is 11.8. The second-order valence-corrected chi connectivity index (χ2v) is 6.57. The van der Waals surface area contributed by atoms with Gasteiger partial charge >= 0.3 is 5.97 Å². The molecule has 2 aromatic carbocycles. The van der Waals surface area contributed by atoms with Crippen molar-refractivity contribution < 1.29 is 23.1 Å². The lowest BCUT2D eigenvalue weighted by Gasteiger charge is -2.13. The van der Waals surface area contributed by atoms with Gasteiger partial charge < -0.3 is 10.1 Å². The van der Waals surface area contributed by atoms with E-state index in [-0.39, 0.29) is 5.69 Å². The van der Waals surface area contributed by atoms with Gasteiger partial charge in [-0.05, 0) is 38.1 Å². The van der Waals surface area contributed by atoms with Crippen molar-refractivity contribution in [2.24, 2.45) is 7.05 Å². The Kier molecular flexibility index (Phi) is 5.81. The summed E-state index contributed by atoms with van der Waals surface area (Å²) in [6, 6.07) is 11.7. The van der Waals surface area contributed by atoms with Crippen molar-refractivity contribution in [3.8, 4) is 5.69 Å². The molecular formula is C21H19F2N3O4. The fourth-order valence-electron chi connectivity index (χ4n) is 2.90. The third-order valence-electron chi connectivity index (χ3n) is 4.62. The average molecular weight is 415 g/mol. The SMILES string of the molecule is Cc1c(NC(=O)[C@@H](C)OC(=O)c2c(F)cccc2F)c(=O)n(-c2ccccc2)n1C. The Morgan fingerprint density at radius 2 is 1.63 bits per heavy atom. The number of halogens is 2. The van der Waals surface area contributed by atoms with Crippen LogP contribution in [0.2, 0.25) is 0 Å². The fourth-order valence-corrected chi connectivity index (χ4v) is 2.90. The van der Waals surface area contributed by atoms with Crippen molar-refractivity contribution in [2.75, 3.05) is 5.32 Å². The van der Waals surface area contributed by atoms with Crippen LogP contribution >= 0.6 is 0 Å². The highest BCUT2D eigenvalue weighted by Gasteiger charge is 2.26. The number of nitrogens with one attached hydrogen (secondary N) is 1. The Bertz CT molecular complexity index is 1150. The molecule has 30 heavy (non-hydrogen) atoms. The van der Waals surface area contributed by atoms with Crippen molar-refractivity contribution >= 4 is 17.6 Å². The van der Waals surface area contributed by atoms with Gasteiger partial charge in [-0.25, -0.2) is 18.3 Å². The quantitative estimate of drug-likeness (QED) is 0.650. The van der Waals surface area contributed by atoms with Gasteiger partial charge in [-0.1, -0.05) is 24.3 Å². The average Bonchev–Trinajstić information content (AvgIpc) is 2.91. The van der Waals surface area contributed by atoms with Crippen LogP contribution in [0.5, 0.6) is 0 Å². The maximum Gasteiger partial charge on any atom is 0.344 e. The van der Waals surface area contributed by atoms with E-state index in [0.29, 0.717) is 11.4 Å². The van der Waals surface area contributed by atoms with Crippen LogP contribution in [-0.4, -0.2) is 27.3 Å². The molecule has 0 spiro atoms. The molecule has 0 radical (unpaired) electrons. The molecule has 1 atom stereocenters. The maximum absolute atomic E-state index is 13.7. The first-order valence-electron chi connectivity index (χ1n) is 9.02. The number of carbonyl (C=O) groups excluding carboxylic acids is 2. The number of anilines is 1. The molecule has 0 saturated heterocycles. The molecule has 1 amide bonds. The summed E-state index contributed by atoms with van der Waals surface area (Å²) in [5.41, 5.74) is -0.294. The highest BCUT2D eigenvalue weighted by atomic mass is 19.1. The van der Waals surface area contributed by atoms with E-state index < -0.39 is 40.7 Å². The summed E-state index contributed by atoms with van der Waals surface area (Å²) in [4.78, 5) is 37.4. The second kappa shape index (κ2) is 8.32. The molecule has 1 N–H and O–H groups in total. The molecule has 156 valence electrons. The highest BCUT2D eigenvalue weighted by Crippen LogP contribution is 2.16. The first kappa shape index (κ1) is 21.0. The van der Waals surface area contributed by atoms with Gasteiger partial charge in [0.25, 0.3) is 11.5 Å². The molecule has 3 aromatic rings. The molecule has 0 aliphatic carbocycles. The molecule has 0 aliphatic rings. The van der Waals surface area contributed by atoms with Gasteiger partial charge in [0.1, 0.15) is 22.9 Å². The van der Waals surface area contributed by atoms with E-state index in [1.807, 2.05) is 0 Å². The minimum Gasteiger partial charge on any atom is -0.449 e. The molecule has 0 aliphatic heterocycles. The van der Waals surface area contributed by atoms with Gasteiger partial charge in [-0.2, -0.15) is 0 Å². The summed E-state index contributed by atoms with van der Waals surface area (Å²) in [5.74, 6) is -4.33. The number of para-hydroxylation sites is 1. The summed E-state index contributed by atoms with van der Waals surface area (Å²) < 4.78 is 35.3. The number of benzene rings is 2. The van der Waals surface area contributed by atoms with E-state index in [4.69, 9.17) is 4.74 Å². The van der Waals surface area contributed by atoms with Gasteiger partial charge in [0.05, 0.1) is 11.4 Å². The van der Waals surface area contributed by atoms with E-state index in [9.17, 15) is 23.2 Å². The van der Waals surface area contributed by atoms with Crippen LogP contribution in [0.1, 0.15) is 23.0 Å². The Morgan fingerprint density at radius 1 is 1.03 bits per heavy atom. The predicted octanol–water partition coefficient (Wildman–Crippen LogP) is 2.95. The number of esters is 1. The summed E-state index contributed by atoms with van der Waals surface area (Å²) >= 11 is 0. The van der Waals surface area contributed by atoms with Gasteiger partial charge in [0.15, 0.2) is 6.10 Å². The summed E-state index contributed by atoms with van der Waals surface area (Å²) in [5, 5.41) is 2.44. The van der Waals surface area contributed by atoms with E-state index in [2.05, 4.69) is 5.32 Å². The standard InChI is InChI=1S/C21H19F2N3O4/c1-12-18(20(28)26(25(12)3)14-8-5-4-6-9-14)24-19(27)13(2)30-21(29)17-15(22)10-7-11-16(17)23/h4-11,13H,1-3H3,(H,24,27)/t13-/m1/s1. The van der Waals surface area contributed by atoms with Crippen molar-refractivity contribution in [2.45, 2.75) is 20.0 Å². The number of aromatic nitrogens is 2. The minimum absolute atomic E-state index is 0.00586. The second-order valence-electron chi connectivity index (χ2n) is 6.57. The molecule has 0 saturated carbocycles. The number of rotatable bonds is 5. The fraction of sp³-hybridized carbons (Fsp3) is 0.190. The lowest BCUT2D eigenvalue weighted by atomic mass is 10.2. The minimum atomic E-state index is -1.40. The van der Waals surface area contributed by atoms with Gasteiger partial charge in [0, 0.05) is 7.05 Å².